The first-order valence-electron chi connectivity index (χ1n) is 11.1. The predicted octanol–water partition coefficient (Wildman–Crippen LogP) is 3.06. The first-order valence-corrected chi connectivity index (χ1v) is 12.0. The predicted molar refractivity (Wildman–Crippen MR) is 128 cm³/mol. The van der Waals surface area contributed by atoms with Crippen molar-refractivity contribution in [2.45, 2.75) is 26.8 Å². The minimum atomic E-state index is -0.376. The number of benzene rings is 1. The molecule has 2 N–H and O–H groups in total. The number of nitrogens with zero attached hydrogens (tertiary/aromatic N) is 2. The number of aromatic nitrogens is 1. The van der Waals surface area contributed by atoms with Crippen molar-refractivity contribution in [2.75, 3.05) is 25.2 Å². The van der Waals surface area contributed by atoms with E-state index in [4.69, 9.17) is 13.9 Å². The number of hydrogen-bond acceptors (Lipinski definition) is 8. The number of amides is 3. The molecule has 35 heavy (non-hydrogen) atoms. The third-order valence-corrected chi connectivity index (χ3v) is 5.81. The molecule has 0 saturated heterocycles. The molecule has 0 spiro atoms. The van der Waals surface area contributed by atoms with Gasteiger partial charge in [0.2, 0.25) is 18.6 Å². The maximum absolute atomic E-state index is 12.7. The molecule has 0 aliphatic carbocycles. The van der Waals surface area contributed by atoms with Crippen LogP contribution in [0.15, 0.2) is 46.4 Å². The van der Waals surface area contributed by atoms with Crippen LogP contribution >= 0.6 is 11.3 Å². The zero-order chi connectivity index (χ0) is 24.8. The van der Waals surface area contributed by atoms with Crippen molar-refractivity contribution in [1.29, 1.82) is 0 Å². The molecule has 3 aromatic rings. The third-order valence-electron chi connectivity index (χ3n) is 5.01. The van der Waals surface area contributed by atoms with E-state index in [1.165, 1.54) is 22.5 Å². The Labute approximate surface area is 206 Å². The first kappa shape index (κ1) is 24.3. The summed E-state index contributed by atoms with van der Waals surface area (Å²) in [6.45, 7) is 4.74. The third kappa shape index (κ3) is 6.60. The van der Waals surface area contributed by atoms with Gasteiger partial charge in [0.05, 0.1) is 18.4 Å². The molecule has 4 rings (SSSR count). The second kappa shape index (κ2) is 11.0. The largest absolute Gasteiger partial charge is 0.459 e. The van der Waals surface area contributed by atoms with E-state index >= 15 is 0 Å². The van der Waals surface area contributed by atoms with Crippen LogP contribution in [-0.4, -0.2) is 47.5 Å². The zero-order valence-corrected chi connectivity index (χ0v) is 20.2. The monoisotopic (exact) mass is 498 g/mol. The number of carbonyl (C=O) groups excluding carboxylic acids is 3. The van der Waals surface area contributed by atoms with E-state index in [0.717, 1.165) is 5.56 Å². The summed E-state index contributed by atoms with van der Waals surface area (Å²) in [7, 11) is 0. The van der Waals surface area contributed by atoms with Gasteiger partial charge in [0.1, 0.15) is 6.54 Å². The van der Waals surface area contributed by atoms with E-state index in [1.54, 1.807) is 17.5 Å². The average Bonchev–Trinajstić information content (AvgIpc) is 3.58. The molecule has 0 unspecified atom stereocenters. The Morgan fingerprint density at radius 3 is 2.74 bits per heavy atom. The summed E-state index contributed by atoms with van der Waals surface area (Å²) in [5.74, 6) is 0.782. The topological polar surface area (TPSA) is 123 Å². The van der Waals surface area contributed by atoms with Crippen LogP contribution in [0.3, 0.4) is 0 Å². The Morgan fingerprint density at radius 1 is 1.14 bits per heavy atom. The highest BCUT2D eigenvalue weighted by molar-refractivity contribution is 7.13. The Morgan fingerprint density at radius 2 is 1.97 bits per heavy atom. The van der Waals surface area contributed by atoms with E-state index in [9.17, 15) is 14.4 Å². The molecule has 1 aliphatic heterocycles. The van der Waals surface area contributed by atoms with Gasteiger partial charge < -0.3 is 29.4 Å². The van der Waals surface area contributed by atoms with Crippen molar-refractivity contribution in [2.24, 2.45) is 5.92 Å². The minimum absolute atomic E-state index is 0.0768. The van der Waals surface area contributed by atoms with Gasteiger partial charge in [-0.2, -0.15) is 0 Å². The van der Waals surface area contributed by atoms with Crippen LogP contribution in [-0.2, 0) is 22.6 Å². The van der Waals surface area contributed by atoms with Gasteiger partial charge in [-0.1, -0.05) is 19.9 Å². The lowest BCUT2D eigenvalue weighted by Gasteiger charge is -2.22. The van der Waals surface area contributed by atoms with Gasteiger partial charge in [-0.25, -0.2) is 4.98 Å². The fraction of sp³-hybridized carbons (Fsp3) is 0.333. The van der Waals surface area contributed by atoms with Crippen molar-refractivity contribution in [3.63, 3.8) is 0 Å². The summed E-state index contributed by atoms with van der Waals surface area (Å²) in [5, 5.41) is 7.64. The normalized spacial score (nSPS) is 12.0. The molecule has 0 saturated carbocycles. The zero-order valence-electron chi connectivity index (χ0n) is 19.4. The van der Waals surface area contributed by atoms with Crippen LogP contribution in [0.4, 0.5) is 5.13 Å². The number of nitrogens with one attached hydrogen (secondary N) is 2. The summed E-state index contributed by atoms with van der Waals surface area (Å²) in [5.41, 5.74) is 1.43. The van der Waals surface area contributed by atoms with Crippen LogP contribution < -0.4 is 20.1 Å². The molecule has 0 bridgehead atoms. The lowest BCUT2D eigenvalue weighted by atomic mass is 10.2. The molecule has 3 amide bonds. The maximum Gasteiger partial charge on any atom is 0.290 e. The van der Waals surface area contributed by atoms with Crippen molar-refractivity contribution < 1.29 is 28.3 Å². The van der Waals surface area contributed by atoms with E-state index < -0.39 is 0 Å². The number of hydrogen-bond donors (Lipinski definition) is 2. The summed E-state index contributed by atoms with van der Waals surface area (Å²) < 4.78 is 15.8. The summed E-state index contributed by atoms with van der Waals surface area (Å²) in [4.78, 5) is 43.3. The van der Waals surface area contributed by atoms with E-state index in [2.05, 4.69) is 15.6 Å². The fourth-order valence-electron chi connectivity index (χ4n) is 3.47. The van der Waals surface area contributed by atoms with Crippen molar-refractivity contribution >= 4 is 34.2 Å². The van der Waals surface area contributed by atoms with Gasteiger partial charge in [0, 0.05) is 18.5 Å². The van der Waals surface area contributed by atoms with Crippen LogP contribution in [0.1, 0.15) is 35.7 Å². The molecule has 2 aromatic heterocycles. The lowest BCUT2D eigenvalue weighted by Crippen LogP contribution is -2.40. The first-order chi connectivity index (χ1) is 16.9. The number of anilines is 1. The van der Waals surface area contributed by atoms with Gasteiger partial charge in [0.15, 0.2) is 22.4 Å². The van der Waals surface area contributed by atoms with E-state index in [-0.39, 0.29) is 49.2 Å². The van der Waals surface area contributed by atoms with Crippen molar-refractivity contribution in [3.8, 4) is 11.5 Å². The molecule has 10 nitrogen and oxygen atoms in total. The van der Waals surface area contributed by atoms with E-state index in [1.807, 2.05) is 32.0 Å². The number of rotatable bonds is 10. The molecule has 11 heteroatoms. The number of furan rings is 1. The lowest BCUT2D eigenvalue weighted by molar-refractivity contribution is -0.120. The highest BCUT2D eigenvalue weighted by Gasteiger charge is 2.22. The number of fused-ring (bicyclic) bond motifs is 1. The highest BCUT2D eigenvalue weighted by Crippen LogP contribution is 2.32. The van der Waals surface area contributed by atoms with Gasteiger partial charge in [-0.15, -0.1) is 11.3 Å². The van der Waals surface area contributed by atoms with Crippen molar-refractivity contribution in [3.05, 3.63) is 59.0 Å². The molecular formula is C24H26N4O6S. The van der Waals surface area contributed by atoms with Gasteiger partial charge >= 0.3 is 0 Å². The molecule has 184 valence electrons. The van der Waals surface area contributed by atoms with Gasteiger partial charge in [-0.05, 0) is 35.7 Å². The van der Waals surface area contributed by atoms with Crippen molar-refractivity contribution in [1.82, 2.24) is 15.2 Å². The van der Waals surface area contributed by atoms with Crippen LogP contribution in [0, 0.1) is 5.92 Å². The summed E-state index contributed by atoms with van der Waals surface area (Å²) in [6, 6.07) is 8.70. The van der Waals surface area contributed by atoms with Crippen LogP contribution in [0.2, 0.25) is 0 Å². The second-order valence-corrected chi connectivity index (χ2v) is 9.25. The summed E-state index contributed by atoms with van der Waals surface area (Å²) >= 11 is 1.22. The average molecular weight is 499 g/mol. The van der Waals surface area contributed by atoms with Crippen LogP contribution in [0.25, 0.3) is 0 Å². The SMILES string of the molecule is CC(C)CN(CC(=O)Nc1nc(CC(=O)NCc2ccc3c(c2)OCO3)cs1)C(=O)c1ccco1. The highest BCUT2D eigenvalue weighted by atomic mass is 32.1. The van der Waals surface area contributed by atoms with Gasteiger partial charge in [-0.3, -0.25) is 14.4 Å². The Hall–Kier alpha value is -3.86. The van der Waals surface area contributed by atoms with Gasteiger partial charge in [0.25, 0.3) is 5.91 Å². The quantitative estimate of drug-likeness (QED) is 0.440. The van der Waals surface area contributed by atoms with Crippen LogP contribution in [0.5, 0.6) is 11.5 Å². The number of ether oxygens (including phenoxy) is 2. The Bertz CT molecular complexity index is 1190. The van der Waals surface area contributed by atoms with E-state index in [0.29, 0.717) is 35.4 Å². The molecule has 3 heterocycles. The number of carbonyl (C=O) groups is 3. The molecule has 0 radical (unpaired) electrons. The Balaban J connectivity index is 1.27. The molecule has 1 aliphatic rings. The Kier molecular flexibility index (Phi) is 7.66. The second-order valence-electron chi connectivity index (χ2n) is 8.39. The smallest absolute Gasteiger partial charge is 0.290 e. The fourth-order valence-corrected chi connectivity index (χ4v) is 4.20. The molecule has 1 aromatic carbocycles. The standard InChI is InChI=1S/C24H26N4O6S/c1-15(2)11-28(23(31)19-4-3-7-32-19)12-22(30)27-24-26-17(13-35-24)9-21(29)25-10-16-5-6-18-20(8-16)34-14-33-18/h3-8,13,15H,9-12,14H2,1-2H3,(H,25,29)(H,26,27,30). The minimum Gasteiger partial charge on any atom is -0.459 e. The number of thiazole rings is 1. The molecule has 0 atom stereocenters. The molecular weight excluding hydrogens is 472 g/mol. The maximum atomic E-state index is 12.7. The summed E-state index contributed by atoms with van der Waals surface area (Å²) in [6.07, 6.45) is 1.50. The molecule has 0 fully saturated rings.